The van der Waals surface area contributed by atoms with Crippen molar-refractivity contribution in [3.8, 4) is 0 Å². The van der Waals surface area contributed by atoms with Crippen LogP contribution in [-0.4, -0.2) is 11.9 Å². The van der Waals surface area contributed by atoms with Crippen molar-refractivity contribution in [1.29, 1.82) is 0 Å². The Kier molecular flexibility index (Phi) is 6.38. The van der Waals surface area contributed by atoms with Crippen molar-refractivity contribution in [1.82, 2.24) is 0 Å². The second-order valence-electron chi connectivity index (χ2n) is 6.29. The summed E-state index contributed by atoms with van der Waals surface area (Å²) in [5.74, 6) is 0.00764. The van der Waals surface area contributed by atoms with E-state index in [1.54, 1.807) is 0 Å². The van der Waals surface area contributed by atoms with Crippen molar-refractivity contribution in [3.63, 3.8) is 0 Å². The van der Waals surface area contributed by atoms with Crippen LogP contribution in [0.15, 0.2) is 48.5 Å². The van der Waals surface area contributed by atoms with E-state index in [0.29, 0.717) is 6.54 Å². The number of aryl methyl sites for hydroxylation is 1. The minimum Gasteiger partial charge on any atom is -0.379 e. The van der Waals surface area contributed by atoms with Crippen LogP contribution in [0.2, 0.25) is 0 Å². The first kappa shape index (κ1) is 18.0. The fourth-order valence-electron chi connectivity index (χ4n) is 2.44. The maximum Gasteiger partial charge on any atom is 0.241 e. The number of hydrogen-bond donors (Lipinski definition) is 3. The summed E-state index contributed by atoms with van der Waals surface area (Å²) in [7, 11) is 0. The molecule has 2 aromatic rings. The summed E-state index contributed by atoms with van der Waals surface area (Å²) in [5.41, 5.74) is 9.99. The molecule has 0 radical (unpaired) electrons. The van der Waals surface area contributed by atoms with Gasteiger partial charge in [-0.15, -0.1) is 0 Å². The lowest BCUT2D eigenvalue weighted by atomic mass is 9.99. The third kappa shape index (κ3) is 4.83. The third-order valence-corrected chi connectivity index (χ3v) is 4.32. The summed E-state index contributed by atoms with van der Waals surface area (Å²) in [6.45, 7) is 6.74. The Bertz CT molecular complexity index is 670. The van der Waals surface area contributed by atoms with Crippen molar-refractivity contribution < 1.29 is 4.79 Å². The van der Waals surface area contributed by atoms with Gasteiger partial charge in [-0.25, -0.2) is 0 Å². The molecule has 0 heterocycles. The predicted molar refractivity (Wildman–Crippen MR) is 101 cm³/mol. The summed E-state index contributed by atoms with van der Waals surface area (Å²) in [6.07, 6.45) is 0.877. The second kappa shape index (κ2) is 8.50. The molecule has 128 valence electrons. The molecule has 2 rings (SSSR count). The highest BCUT2D eigenvalue weighted by molar-refractivity contribution is 5.97. The van der Waals surface area contributed by atoms with Gasteiger partial charge in [-0.1, -0.05) is 56.7 Å². The van der Waals surface area contributed by atoms with Crippen LogP contribution in [0.4, 0.5) is 11.4 Å². The van der Waals surface area contributed by atoms with Crippen LogP contribution < -0.4 is 16.4 Å². The number of nitrogens with two attached hydrogens (primary N) is 1. The molecule has 2 aromatic carbocycles. The Morgan fingerprint density at radius 2 is 1.83 bits per heavy atom. The quantitative estimate of drug-likeness (QED) is 0.723. The molecule has 0 aromatic heterocycles. The molecule has 0 bridgehead atoms. The average molecular weight is 325 g/mol. The van der Waals surface area contributed by atoms with E-state index in [-0.39, 0.29) is 11.8 Å². The molecule has 0 spiro atoms. The standard InChI is InChI=1S/C20H27N3O/c1-4-15(3)19(21)20(24)23-18-12-14(2)10-11-17(18)22-13-16-8-6-5-7-9-16/h5-12,15,19,22H,4,13,21H2,1-3H3,(H,23,24). The van der Waals surface area contributed by atoms with Gasteiger partial charge in [0.15, 0.2) is 0 Å². The molecule has 0 aliphatic heterocycles. The molecule has 0 aliphatic carbocycles. The van der Waals surface area contributed by atoms with Gasteiger partial charge in [-0.05, 0) is 36.1 Å². The summed E-state index contributed by atoms with van der Waals surface area (Å²) >= 11 is 0. The highest BCUT2D eigenvalue weighted by Gasteiger charge is 2.20. The first-order valence-electron chi connectivity index (χ1n) is 8.46. The van der Waals surface area contributed by atoms with Crippen LogP contribution in [0.3, 0.4) is 0 Å². The largest absolute Gasteiger partial charge is 0.379 e. The molecule has 4 N–H and O–H groups in total. The Balaban J connectivity index is 2.11. The first-order valence-corrected chi connectivity index (χ1v) is 8.46. The van der Waals surface area contributed by atoms with E-state index in [1.807, 2.05) is 57.2 Å². The normalized spacial score (nSPS) is 13.2. The molecular weight excluding hydrogens is 298 g/mol. The summed E-state index contributed by atoms with van der Waals surface area (Å²) < 4.78 is 0. The SMILES string of the molecule is CCC(C)C(N)C(=O)Nc1cc(C)ccc1NCc1ccccc1. The number of anilines is 2. The van der Waals surface area contributed by atoms with Crippen LogP contribution in [0.25, 0.3) is 0 Å². The van der Waals surface area contributed by atoms with Gasteiger partial charge >= 0.3 is 0 Å². The van der Waals surface area contributed by atoms with Gasteiger partial charge in [0.25, 0.3) is 0 Å². The second-order valence-corrected chi connectivity index (χ2v) is 6.29. The maximum absolute atomic E-state index is 12.4. The number of amides is 1. The molecule has 24 heavy (non-hydrogen) atoms. The highest BCUT2D eigenvalue weighted by atomic mass is 16.2. The lowest BCUT2D eigenvalue weighted by molar-refractivity contribution is -0.118. The average Bonchev–Trinajstić information content (AvgIpc) is 2.60. The zero-order valence-electron chi connectivity index (χ0n) is 14.7. The fourth-order valence-corrected chi connectivity index (χ4v) is 2.44. The smallest absolute Gasteiger partial charge is 0.241 e. The lowest BCUT2D eigenvalue weighted by Crippen LogP contribution is -2.40. The molecule has 0 aliphatic rings. The number of rotatable bonds is 7. The van der Waals surface area contributed by atoms with Crippen molar-refractivity contribution >= 4 is 17.3 Å². The number of carbonyl (C=O) groups excluding carboxylic acids is 1. The van der Waals surface area contributed by atoms with E-state index >= 15 is 0 Å². The lowest BCUT2D eigenvalue weighted by Gasteiger charge is -2.20. The molecule has 1 amide bonds. The number of benzene rings is 2. The zero-order valence-corrected chi connectivity index (χ0v) is 14.7. The van der Waals surface area contributed by atoms with Gasteiger partial charge < -0.3 is 16.4 Å². The van der Waals surface area contributed by atoms with Crippen molar-refractivity contribution in [3.05, 3.63) is 59.7 Å². The van der Waals surface area contributed by atoms with E-state index in [9.17, 15) is 4.79 Å². The topological polar surface area (TPSA) is 67.2 Å². The summed E-state index contributed by atoms with van der Waals surface area (Å²) in [5, 5.41) is 6.36. The van der Waals surface area contributed by atoms with Crippen molar-refractivity contribution in [2.45, 2.75) is 39.8 Å². The van der Waals surface area contributed by atoms with Crippen molar-refractivity contribution in [2.24, 2.45) is 11.7 Å². The van der Waals surface area contributed by atoms with Gasteiger partial charge in [-0.3, -0.25) is 4.79 Å². The molecule has 4 nitrogen and oxygen atoms in total. The van der Waals surface area contributed by atoms with Crippen LogP contribution in [0.1, 0.15) is 31.4 Å². The Hall–Kier alpha value is -2.33. The molecule has 0 saturated carbocycles. The molecule has 2 unspecified atom stereocenters. The minimum absolute atomic E-state index is 0.141. The monoisotopic (exact) mass is 325 g/mol. The number of nitrogens with one attached hydrogen (secondary N) is 2. The van der Waals surface area contributed by atoms with Gasteiger partial charge in [0.2, 0.25) is 5.91 Å². The minimum atomic E-state index is -0.502. The molecular formula is C20H27N3O. The van der Waals surface area contributed by atoms with Crippen LogP contribution in [0.5, 0.6) is 0 Å². The predicted octanol–water partition coefficient (Wildman–Crippen LogP) is 3.92. The molecule has 0 fully saturated rings. The zero-order chi connectivity index (χ0) is 17.5. The van der Waals surface area contributed by atoms with E-state index < -0.39 is 6.04 Å². The van der Waals surface area contributed by atoms with Crippen molar-refractivity contribution in [2.75, 3.05) is 10.6 Å². The first-order chi connectivity index (χ1) is 11.5. The number of carbonyl (C=O) groups is 1. The van der Waals surface area contributed by atoms with E-state index in [1.165, 1.54) is 5.56 Å². The molecule has 4 heteroatoms. The highest BCUT2D eigenvalue weighted by Crippen LogP contribution is 2.24. The van der Waals surface area contributed by atoms with Crippen LogP contribution in [0, 0.1) is 12.8 Å². The molecule has 2 atom stereocenters. The number of hydrogen-bond acceptors (Lipinski definition) is 3. The Morgan fingerprint density at radius 1 is 1.12 bits per heavy atom. The summed E-state index contributed by atoms with van der Waals surface area (Å²) in [4.78, 5) is 12.4. The van der Waals surface area contributed by atoms with Crippen LogP contribution in [-0.2, 0) is 11.3 Å². The van der Waals surface area contributed by atoms with Gasteiger partial charge in [-0.2, -0.15) is 0 Å². The fraction of sp³-hybridized carbons (Fsp3) is 0.350. The van der Waals surface area contributed by atoms with Gasteiger partial charge in [0.1, 0.15) is 0 Å². The maximum atomic E-state index is 12.4. The Labute approximate surface area is 144 Å². The summed E-state index contributed by atoms with van der Waals surface area (Å²) in [6, 6.07) is 15.6. The van der Waals surface area contributed by atoms with E-state index in [2.05, 4.69) is 22.8 Å². The third-order valence-electron chi connectivity index (χ3n) is 4.32. The van der Waals surface area contributed by atoms with Gasteiger partial charge in [0, 0.05) is 6.54 Å². The molecule has 0 saturated heterocycles. The Morgan fingerprint density at radius 3 is 2.50 bits per heavy atom. The van der Waals surface area contributed by atoms with Crippen LogP contribution >= 0.6 is 0 Å². The van der Waals surface area contributed by atoms with E-state index in [0.717, 1.165) is 23.4 Å². The van der Waals surface area contributed by atoms with E-state index in [4.69, 9.17) is 5.73 Å². The van der Waals surface area contributed by atoms with Gasteiger partial charge in [0.05, 0.1) is 17.4 Å².